The Labute approximate surface area is 228 Å². The van der Waals surface area contributed by atoms with Gasteiger partial charge in [0.25, 0.3) is 5.91 Å². The van der Waals surface area contributed by atoms with Gasteiger partial charge in [0.05, 0.1) is 29.2 Å². The Hall–Kier alpha value is -3.96. The van der Waals surface area contributed by atoms with E-state index in [1.165, 1.54) is 30.3 Å². The molecular formula is C23H21ClF3N9O4. The number of aliphatic hydroxyl groups excluding tert-OH is 2. The maximum absolute atomic E-state index is 13.2. The lowest BCUT2D eigenvalue weighted by atomic mass is 10.1. The standard InChI is InChI=1S/C23H21ClF3N9O4/c1-28-35-21(39)17-15(37)16(38)22(40-17)36-9-32-14-19(31-8-13-5-11(2-3-30-13)23(25,26)27)33-18(34-20(14)36)10-4-12(24)7-29-6-10/h2-7,9,15-17,22,28,37-38H,8H2,1H3,(H,35,39)(H,31,33,34)/t15-,16+,17-,22+/m0/s1. The molecule has 0 spiro atoms. The van der Waals surface area contributed by atoms with Crippen LogP contribution in [0, 0.1) is 0 Å². The molecule has 1 aliphatic heterocycles. The van der Waals surface area contributed by atoms with Crippen LogP contribution < -0.4 is 16.2 Å². The molecule has 210 valence electrons. The average Bonchev–Trinajstić information content (AvgIpc) is 3.47. The van der Waals surface area contributed by atoms with Crippen LogP contribution >= 0.6 is 11.6 Å². The largest absolute Gasteiger partial charge is 0.416 e. The molecule has 0 unspecified atom stereocenters. The highest BCUT2D eigenvalue weighted by atomic mass is 35.5. The van der Waals surface area contributed by atoms with Crippen molar-refractivity contribution < 1.29 is 32.9 Å². The van der Waals surface area contributed by atoms with E-state index in [0.717, 1.165) is 18.3 Å². The summed E-state index contributed by atoms with van der Waals surface area (Å²) in [6.45, 7) is -0.149. The quantitative estimate of drug-likeness (QED) is 0.201. The zero-order valence-corrected chi connectivity index (χ0v) is 21.2. The zero-order valence-electron chi connectivity index (χ0n) is 20.5. The molecule has 1 aliphatic rings. The van der Waals surface area contributed by atoms with Gasteiger partial charge >= 0.3 is 6.18 Å². The molecule has 5 N–H and O–H groups in total. The molecule has 5 rings (SSSR count). The van der Waals surface area contributed by atoms with Gasteiger partial charge < -0.3 is 20.3 Å². The van der Waals surface area contributed by atoms with Crippen molar-refractivity contribution in [3.05, 3.63) is 59.4 Å². The lowest BCUT2D eigenvalue weighted by Gasteiger charge is -2.17. The van der Waals surface area contributed by atoms with Gasteiger partial charge in [0, 0.05) is 31.2 Å². The fourth-order valence-electron chi connectivity index (χ4n) is 4.12. The highest BCUT2D eigenvalue weighted by Crippen LogP contribution is 2.34. The molecule has 4 atom stereocenters. The smallest absolute Gasteiger partial charge is 0.387 e. The molecule has 0 aromatic carbocycles. The zero-order chi connectivity index (χ0) is 28.6. The number of nitrogens with zero attached hydrogens (tertiary/aromatic N) is 6. The van der Waals surface area contributed by atoms with Crippen molar-refractivity contribution in [2.24, 2.45) is 0 Å². The summed E-state index contributed by atoms with van der Waals surface area (Å²) in [5.74, 6) is -0.478. The molecule has 13 nitrogen and oxygen atoms in total. The van der Waals surface area contributed by atoms with Crippen molar-refractivity contribution in [3.63, 3.8) is 0 Å². The van der Waals surface area contributed by atoms with E-state index in [9.17, 15) is 28.2 Å². The van der Waals surface area contributed by atoms with Crippen LogP contribution in [0.2, 0.25) is 5.02 Å². The Morgan fingerprint density at radius 1 is 1.18 bits per heavy atom. The van der Waals surface area contributed by atoms with Gasteiger partial charge in [0.1, 0.15) is 12.2 Å². The van der Waals surface area contributed by atoms with Crippen LogP contribution in [0.15, 0.2) is 43.1 Å². The van der Waals surface area contributed by atoms with Crippen LogP contribution in [0.5, 0.6) is 0 Å². The summed E-state index contributed by atoms with van der Waals surface area (Å²) in [7, 11) is 1.45. The first-order valence-electron chi connectivity index (χ1n) is 11.7. The van der Waals surface area contributed by atoms with Crippen LogP contribution in [-0.4, -0.2) is 71.0 Å². The molecule has 0 aliphatic carbocycles. The maximum atomic E-state index is 13.2. The molecule has 0 saturated carbocycles. The fraction of sp³-hybridized carbons (Fsp3) is 0.304. The summed E-state index contributed by atoms with van der Waals surface area (Å²) in [6, 6.07) is 3.33. The molecule has 4 aromatic heterocycles. The average molecular weight is 580 g/mol. The van der Waals surface area contributed by atoms with E-state index < -0.39 is 42.2 Å². The molecule has 0 radical (unpaired) electrons. The summed E-state index contributed by atoms with van der Waals surface area (Å²) >= 11 is 6.09. The van der Waals surface area contributed by atoms with Gasteiger partial charge in [-0.3, -0.25) is 24.8 Å². The summed E-state index contributed by atoms with van der Waals surface area (Å²) in [5.41, 5.74) is 4.64. The second-order valence-electron chi connectivity index (χ2n) is 8.67. The number of aromatic nitrogens is 6. The minimum atomic E-state index is -4.54. The van der Waals surface area contributed by atoms with E-state index >= 15 is 0 Å². The number of amides is 1. The van der Waals surface area contributed by atoms with Crippen molar-refractivity contribution in [2.45, 2.75) is 37.3 Å². The van der Waals surface area contributed by atoms with E-state index in [-0.39, 0.29) is 35.0 Å². The van der Waals surface area contributed by atoms with Gasteiger partial charge in [-0.25, -0.2) is 20.4 Å². The second kappa shape index (κ2) is 10.9. The molecular weight excluding hydrogens is 559 g/mol. The monoisotopic (exact) mass is 579 g/mol. The number of imidazole rings is 1. The van der Waals surface area contributed by atoms with Gasteiger partial charge in [0.15, 0.2) is 35.1 Å². The summed E-state index contributed by atoms with van der Waals surface area (Å²) in [6.07, 6.45) is -5.15. The number of carbonyl (C=O) groups is 1. The van der Waals surface area contributed by atoms with Gasteiger partial charge in [-0.1, -0.05) is 11.6 Å². The number of hydrazine groups is 1. The Morgan fingerprint density at radius 3 is 2.70 bits per heavy atom. The maximum Gasteiger partial charge on any atom is 0.416 e. The van der Waals surface area contributed by atoms with Gasteiger partial charge in [-0.15, -0.1) is 0 Å². The fourth-order valence-corrected chi connectivity index (χ4v) is 4.29. The highest BCUT2D eigenvalue weighted by Gasteiger charge is 2.48. The van der Waals surface area contributed by atoms with Gasteiger partial charge in [-0.2, -0.15) is 13.2 Å². The topological polar surface area (TPSA) is 172 Å². The highest BCUT2D eigenvalue weighted by molar-refractivity contribution is 6.30. The number of hydrogen-bond donors (Lipinski definition) is 5. The van der Waals surface area contributed by atoms with Crippen molar-refractivity contribution in [3.8, 4) is 11.4 Å². The number of fused-ring (bicyclic) bond motifs is 1. The molecule has 1 fully saturated rings. The first kappa shape index (κ1) is 27.6. The van der Waals surface area contributed by atoms with Crippen molar-refractivity contribution in [1.82, 2.24) is 40.3 Å². The molecule has 4 aromatic rings. The SMILES string of the molecule is CNNC(=O)[C@H]1O[C@@H](n2cnc3c(NCc4cc(C(F)(F)F)ccn4)nc(-c4cncc(Cl)c4)nc32)[C@H](O)[C@@H]1O. The van der Waals surface area contributed by atoms with Crippen LogP contribution in [0.3, 0.4) is 0 Å². The number of anilines is 1. The third-order valence-electron chi connectivity index (χ3n) is 5.98. The van der Waals surface area contributed by atoms with E-state index in [2.05, 4.69) is 41.1 Å². The number of hydrogen-bond acceptors (Lipinski definition) is 11. The normalized spacial score (nSPS) is 21.1. The lowest BCUT2D eigenvalue weighted by Crippen LogP contribution is -2.46. The first-order chi connectivity index (χ1) is 19.1. The van der Waals surface area contributed by atoms with E-state index in [1.54, 1.807) is 6.07 Å². The molecule has 1 amide bonds. The number of rotatable bonds is 7. The molecule has 0 bridgehead atoms. The van der Waals surface area contributed by atoms with Crippen molar-refractivity contribution in [2.75, 3.05) is 12.4 Å². The number of pyridine rings is 2. The number of alkyl halides is 3. The molecule has 1 saturated heterocycles. The number of ether oxygens (including phenoxy) is 1. The third-order valence-corrected chi connectivity index (χ3v) is 6.19. The van der Waals surface area contributed by atoms with E-state index in [1.807, 2.05) is 0 Å². The van der Waals surface area contributed by atoms with Gasteiger partial charge in [-0.05, 0) is 18.2 Å². The molecule has 5 heterocycles. The molecule has 17 heteroatoms. The Morgan fingerprint density at radius 2 is 1.98 bits per heavy atom. The number of aliphatic hydroxyl groups is 2. The van der Waals surface area contributed by atoms with Crippen LogP contribution in [0.4, 0.5) is 19.0 Å². The summed E-state index contributed by atoms with van der Waals surface area (Å²) < 4.78 is 46.5. The Balaban J connectivity index is 1.55. The van der Waals surface area contributed by atoms with Crippen LogP contribution in [-0.2, 0) is 22.3 Å². The van der Waals surface area contributed by atoms with E-state index in [0.29, 0.717) is 10.6 Å². The lowest BCUT2D eigenvalue weighted by molar-refractivity contribution is -0.138. The Kier molecular flexibility index (Phi) is 7.52. The number of nitrogens with one attached hydrogen (secondary N) is 3. The second-order valence-corrected chi connectivity index (χ2v) is 9.10. The van der Waals surface area contributed by atoms with E-state index in [4.69, 9.17) is 16.3 Å². The number of halogens is 4. The van der Waals surface area contributed by atoms with Crippen molar-refractivity contribution >= 4 is 34.5 Å². The first-order valence-corrected chi connectivity index (χ1v) is 12.0. The number of carbonyl (C=O) groups excluding carboxylic acids is 1. The minimum absolute atomic E-state index is 0.0862. The molecule has 40 heavy (non-hydrogen) atoms. The van der Waals surface area contributed by atoms with Crippen LogP contribution in [0.25, 0.3) is 22.6 Å². The van der Waals surface area contributed by atoms with Gasteiger partial charge in [0.2, 0.25) is 0 Å². The summed E-state index contributed by atoms with van der Waals surface area (Å²) in [5, 5.41) is 24.4. The third kappa shape index (κ3) is 5.39. The Bertz CT molecular complexity index is 1550. The van der Waals surface area contributed by atoms with Crippen LogP contribution in [0.1, 0.15) is 17.5 Å². The van der Waals surface area contributed by atoms with Crippen molar-refractivity contribution in [1.29, 1.82) is 0 Å². The summed E-state index contributed by atoms with van der Waals surface area (Å²) in [4.78, 5) is 33.6. The predicted molar refractivity (Wildman–Crippen MR) is 133 cm³/mol. The minimum Gasteiger partial charge on any atom is -0.387 e. The predicted octanol–water partition coefficient (Wildman–Crippen LogP) is 1.44.